The summed E-state index contributed by atoms with van der Waals surface area (Å²) in [6.07, 6.45) is 5.15. The zero-order chi connectivity index (χ0) is 14.3. The average molecular weight is 278 g/mol. The van der Waals surface area contributed by atoms with Gasteiger partial charge in [0.2, 0.25) is 23.6 Å². The second-order valence-electron chi connectivity index (χ2n) is 6.05. The highest BCUT2D eigenvalue weighted by Crippen LogP contribution is 2.46. The topological polar surface area (TPSA) is 83.6 Å². The van der Waals surface area contributed by atoms with Crippen LogP contribution >= 0.6 is 0 Å². The van der Waals surface area contributed by atoms with Crippen molar-refractivity contribution in [1.82, 2.24) is 10.2 Å². The zero-order valence-corrected chi connectivity index (χ0v) is 11.3. The molecule has 1 aliphatic carbocycles. The van der Waals surface area contributed by atoms with Crippen molar-refractivity contribution < 1.29 is 19.2 Å². The summed E-state index contributed by atoms with van der Waals surface area (Å²) in [6, 6.07) is -0.797. The Balaban J connectivity index is 1.83. The van der Waals surface area contributed by atoms with Gasteiger partial charge in [-0.1, -0.05) is 19.3 Å². The van der Waals surface area contributed by atoms with Crippen molar-refractivity contribution in [2.45, 2.75) is 57.4 Å². The summed E-state index contributed by atoms with van der Waals surface area (Å²) in [5.74, 6) is -1.31. The summed E-state index contributed by atoms with van der Waals surface area (Å²) < 4.78 is 0. The van der Waals surface area contributed by atoms with Crippen LogP contribution in [-0.4, -0.2) is 34.6 Å². The number of amides is 4. The Morgan fingerprint density at radius 3 is 2.40 bits per heavy atom. The van der Waals surface area contributed by atoms with Crippen LogP contribution in [0.1, 0.15) is 51.4 Å². The monoisotopic (exact) mass is 278 g/mol. The molecule has 3 aliphatic rings. The number of imide groups is 2. The summed E-state index contributed by atoms with van der Waals surface area (Å²) >= 11 is 0. The number of carbonyl (C=O) groups is 4. The Hall–Kier alpha value is -1.72. The molecule has 0 aromatic carbocycles. The molecule has 1 spiro atoms. The van der Waals surface area contributed by atoms with Crippen LogP contribution in [-0.2, 0) is 19.2 Å². The van der Waals surface area contributed by atoms with Gasteiger partial charge in [-0.2, -0.15) is 0 Å². The Kier molecular flexibility index (Phi) is 3.11. The largest absolute Gasteiger partial charge is 0.295 e. The molecule has 108 valence electrons. The summed E-state index contributed by atoms with van der Waals surface area (Å²) in [5.41, 5.74) is -0.572. The van der Waals surface area contributed by atoms with Crippen molar-refractivity contribution in [1.29, 1.82) is 0 Å². The number of piperidine rings is 1. The van der Waals surface area contributed by atoms with E-state index in [4.69, 9.17) is 0 Å². The molecular weight excluding hydrogens is 260 g/mol. The molecule has 6 nitrogen and oxygen atoms in total. The molecule has 6 heteroatoms. The predicted molar refractivity (Wildman–Crippen MR) is 68.2 cm³/mol. The van der Waals surface area contributed by atoms with Crippen molar-refractivity contribution in [2.24, 2.45) is 5.41 Å². The smallest absolute Gasteiger partial charge is 0.249 e. The van der Waals surface area contributed by atoms with Gasteiger partial charge in [0.1, 0.15) is 6.04 Å². The van der Waals surface area contributed by atoms with Crippen LogP contribution in [0.5, 0.6) is 0 Å². The van der Waals surface area contributed by atoms with Crippen molar-refractivity contribution in [3.63, 3.8) is 0 Å². The molecule has 1 unspecified atom stereocenters. The van der Waals surface area contributed by atoms with Crippen molar-refractivity contribution in [2.75, 3.05) is 0 Å². The maximum absolute atomic E-state index is 12.7. The quantitative estimate of drug-likeness (QED) is 0.708. The van der Waals surface area contributed by atoms with E-state index in [0.29, 0.717) is 0 Å². The lowest BCUT2D eigenvalue weighted by Gasteiger charge is -2.33. The van der Waals surface area contributed by atoms with E-state index in [2.05, 4.69) is 5.32 Å². The van der Waals surface area contributed by atoms with Crippen molar-refractivity contribution >= 4 is 23.6 Å². The van der Waals surface area contributed by atoms with Crippen LogP contribution in [0.15, 0.2) is 0 Å². The van der Waals surface area contributed by atoms with E-state index in [1.807, 2.05) is 0 Å². The first-order valence-electron chi connectivity index (χ1n) is 7.24. The van der Waals surface area contributed by atoms with E-state index in [0.717, 1.165) is 37.0 Å². The Labute approximate surface area is 116 Å². The average Bonchev–Trinajstić information content (AvgIpc) is 2.63. The second kappa shape index (κ2) is 4.68. The van der Waals surface area contributed by atoms with Gasteiger partial charge in [-0.3, -0.25) is 29.4 Å². The van der Waals surface area contributed by atoms with Gasteiger partial charge in [0.05, 0.1) is 5.41 Å². The molecule has 0 bridgehead atoms. The molecular formula is C14H18N2O4. The van der Waals surface area contributed by atoms with Gasteiger partial charge >= 0.3 is 0 Å². The van der Waals surface area contributed by atoms with Crippen LogP contribution in [0.2, 0.25) is 0 Å². The minimum absolute atomic E-state index is 0.181. The van der Waals surface area contributed by atoms with Gasteiger partial charge in [-0.05, 0) is 19.3 Å². The van der Waals surface area contributed by atoms with Crippen LogP contribution in [0.4, 0.5) is 0 Å². The Morgan fingerprint density at radius 2 is 1.75 bits per heavy atom. The fourth-order valence-electron chi connectivity index (χ4n) is 3.68. The normalized spacial score (nSPS) is 30.0. The van der Waals surface area contributed by atoms with Gasteiger partial charge in [0.25, 0.3) is 0 Å². The Bertz CT molecular complexity index is 493. The molecule has 3 rings (SSSR count). The lowest BCUT2D eigenvalue weighted by atomic mass is 9.73. The molecule has 0 radical (unpaired) electrons. The SMILES string of the molecule is O=C1CCC(N2C(=O)CC3(CCCCC3)C2=O)C(=O)N1. The fraction of sp³-hybridized carbons (Fsp3) is 0.714. The summed E-state index contributed by atoms with van der Waals surface area (Å²) in [4.78, 5) is 49.1. The van der Waals surface area contributed by atoms with Gasteiger partial charge in [0.15, 0.2) is 0 Å². The van der Waals surface area contributed by atoms with E-state index in [-0.39, 0.29) is 37.0 Å². The van der Waals surface area contributed by atoms with Crippen LogP contribution in [0.25, 0.3) is 0 Å². The molecule has 4 amide bonds. The zero-order valence-electron chi connectivity index (χ0n) is 11.3. The molecule has 3 fully saturated rings. The van der Waals surface area contributed by atoms with Gasteiger partial charge < -0.3 is 0 Å². The number of nitrogens with zero attached hydrogens (tertiary/aromatic N) is 1. The third-order valence-corrected chi connectivity index (χ3v) is 4.76. The lowest BCUT2D eigenvalue weighted by molar-refractivity contribution is -0.152. The van der Waals surface area contributed by atoms with Crippen LogP contribution in [0.3, 0.4) is 0 Å². The van der Waals surface area contributed by atoms with E-state index in [9.17, 15) is 19.2 Å². The molecule has 0 aromatic rings. The highest BCUT2D eigenvalue weighted by molar-refractivity contribution is 6.11. The van der Waals surface area contributed by atoms with Crippen molar-refractivity contribution in [3.05, 3.63) is 0 Å². The van der Waals surface area contributed by atoms with E-state index < -0.39 is 17.4 Å². The number of carbonyl (C=O) groups excluding carboxylic acids is 4. The molecule has 0 aromatic heterocycles. The number of hydrogen-bond donors (Lipinski definition) is 1. The van der Waals surface area contributed by atoms with E-state index in [1.54, 1.807) is 0 Å². The minimum Gasteiger partial charge on any atom is -0.295 e. The first kappa shape index (κ1) is 13.3. The third kappa shape index (κ3) is 1.94. The van der Waals surface area contributed by atoms with Gasteiger partial charge in [-0.15, -0.1) is 0 Å². The molecule has 1 N–H and O–H groups in total. The minimum atomic E-state index is -0.797. The number of likely N-dealkylation sites (tertiary alicyclic amines) is 1. The van der Waals surface area contributed by atoms with Crippen molar-refractivity contribution in [3.8, 4) is 0 Å². The third-order valence-electron chi connectivity index (χ3n) is 4.76. The molecule has 1 atom stereocenters. The van der Waals surface area contributed by atoms with Crippen LogP contribution in [0, 0.1) is 5.41 Å². The maximum Gasteiger partial charge on any atom is 0.249 e. The van der Waals surface area contributed by atoms with Gasteiger partial charge in [-0.25, -0.2) is 0 Å². The lowest BCUT2D eigenvalue weighted by Crippen LogP contribution is -2.55. The predicted octanol–water partition coefficient (Wildman–Crippen LogP) is 0.501. The summed E-state index contributed by atoms with van der Waals surface area (Å²) in [7, 11) is 0. The maximum atomic E-state index is 12.7. The summed E-state index contributed by atoms with van der Waals surface area (Å²) in [5, 5.41) is 2.21. The second-order valence-corrected chi connectivity index (χ2v) is 6.05. The van der Waals surface area contributed by atoms with Gasteiger partial charge in [0, 0.05) is 12.8 Å². The highest BCUT2D eigenvalue weighted by atomic mass is 16.2. The number of nitrogens with one attached hydrogen (secondary N) is 1. The fourth-order valence-corrected chi connectivity index (χ4v) is 3.68. The van der Waals surface area contributed by atoms with E-state index >= 15 is 0 Å². The van der Waals surface area contributed by atoms with E-state index in [1.165, 1.54) is 0 Å². The first-order valence-corrected chi connectivity index (χ1v) is 7.24. The Morgan fingerprint density at radius 1 is 1.05 bits per heavy atom. The highest BCUT2D eigenvalue weighted by Gasteiger charge is 2.54. The molecule has 1 saturated carbocycles. The molecule has 2 heterocycles. The number of hydrogen-bond acceptors (Lipinski definition) is 4. The standard InChI is InChI=1S/C14H18N2O4/c17-10-5-4-9(12(19)15-10)16-11(18)8-14(13(16)20)6-2-1-3-7-14/h9H,1-8H2,(H,15,17,19). The molecule has 20 heavy (non-hydrogen) atoms. The summed E-state index contributed by atoms with van der Waals surface area (Å²) in [6.45, 7) is 0. The van der Waals surface area contributed by atoms with Crippen LogP contribution < -0.4 is 5.32 Å². The molecule has 2 saturated heterocycles. The number of rotatable bonds is 1. The molecule has 2 aliphatic heterocycles. The first-order chi connectivity index (χ1) is 9.53.